The van der Waals surface area contributed by atoms with Crippen LogP contribution in [0.15, 0.2) is 59.8 Å². The number of carbonyl (C=O) groups is 2. The average molecular weight is 447 g/mol. The number of nitrogens with zero attached hydrogens (tertiary/aromatic N) is 1. The molecule has 0 bridgehead atoms. The predicted molar refractivity (Wildman–Crippen MR) is 124 cm³/mol. The van der Waals surface area contributed by atoms with Crippen LogP contribution < -0.4 is 5.32 Å². The highest BCUT2D eigenvalue weighted by Gasteiger charge is 2.27. The third-order valence-electron chi connectivity index (χ3n) is 4.02. The number of hydrogen-bond acceptors (Lipinski definition) is 6. The Bertz CT molecular complexity index is 795. The molecule has 7 heteroatoms. The van der Waals surface area contributed by atoms with Gasteiger partial charge in [-0.05, 0) is 55.7 Å². The van der Waals surface area contributed by atoms with E-state index in [2.05, 4.69) is 17.2 Å². The number of hydrogen-bond donors (Lipinski definition) is 1. The zero-order chi connectivity index (χ0) is 22.0. The molecule has 0 aliphatic carbocycles. The topological polar surface area (TPSA) is 68.3 Å². The first kappa shape index (κ1) is 24.3. The number of rotatable bonds is 10. The highest BCUT2D eigenvalue weighted by Crippen LogP contribution is 2.34. The summed E-state index contributed by atoms with van der Waals surface area (Å²) in [4.78, 5) is 29.5. The lowest BCUT2D eigenvalue weighted by Crippen LogP contribution is -2.45. The maximum absolute atomic E-state index is 12.6. The Morgan fingerprint density at radius 1 is 1.10 bits per heavy atom. The van der Waals surface area contributed by atoms with Crippen molar-refractivity contribution in [3.63, 3.8) is 0 Å². The fraction of sp³-hybridized carbons (Fsp3) is 0.435. The lowest BCUT2D eigenvalue weighted by molar-refractivity contribution is -0.158. The number of nitrogens with one attached hydrogen (secondary N) is 1. The molecule has 0 fully saturated rings. The minimum Gasteiger partial charge on any atom is -0.458 e. The van der Waals surface area contributed by atoms with E-state index in [-0.39, 0.29) is 11.2 Å². The quantitative estimate of drug-likeness (QED) is 0.406. The van der Waals surface area contributed by atoms with Crippen molar-refractivity contribution in [2.75, 3.05) is 0 Å². The summed E-state index contributed by atoms with van der Waals surface area (Å²) < 4.78 is 5.52. The molecular formula is C23H30N2O3S2. The first-order valence-electron chi connectivity index (χ1n) is 10.0. The van der Waals surface area contributed by atoms with Crippen LogP contribution in [0.25, 0.3) is 0 Å². The van der Waals surface area contributed by atoms with E-state index < -0.39 is 17.6 Å². The number of carbonyl (C=O) groups excluding carboxylic acids is 2. The maximum atomic E-state index is 12.6. The van der Waals surface area contributed by atoms with E-state index in [1.165, 1.54) is 0 Å². The van der Waals surface area contributed by atoms with Gasteiger partial charge in [0.2, 0.25) is 5.91 Å². The molecule has 1 aromatic carbocycles. The molecule has 1 amide bonds. The summed E-state index contributed by atoms with van der Waals surface area (Å²) in [7, 11) is 3.30. The van der Waals surface area contributed by atoms with Crippen molar-refractivity contribution in [1.82, 2.24) is 10.3 Å². The molecule has 5 nitrogen and oxygen atoms in total. The number of aromatic nitrogens is 1. The van der Waals surface area contributed by atoms with Gasteiger partial charge in [-0.2, -0.15) is 0 Å². The van der Waals surface area contributed by atoms with E-state index in [0.717, 1.165) is 10.6 Å². The Hall–Kier alpha value is -1.99. The van der Waals surface area contributed by atoms with Gasteiger partial charge in [-0.1, -0.05) is 54.1 Å². The summed E-state index contributed by atoms with van der Waals surface area (Å²) in [6, 6.07) is 14.7. The molecular weight excluding hydrogens is 416 g/mol. The van der Waals surface area contributed by atoms with Gasteiger partial charge in [-0.15, -0.1) is 0 Å². The van der Waals surface area contributed by atoms with E-state index in [4.69, 9.17) is 4.74 Å². The molecule has 0 aliphatic rings. The van der Waals surface area contributed by atoms with Crippen LogP contribution in [0.2, 0.25) is 0 Å². The summed E-state index contributed by atoms with van der Waals surface area (Å²) in [5.41, 5.74) is 0.370. The second-order valence-electron chi connectivity index (χ2n) is 8.04. The summed E-state index contributed by atoms with van der Waals surface area (Å²) in [5.74, 6) is -0.551. The molecule has 2 aromatic rings. The largest absolute Gasteiger partial charge is 0.458 e. The molecule has 0 spiro atoms. The van der Waals surface area contributed by atoms with E-state index >= 15 is 0 Å². The molecule has 1 N–H and O–H groups in total. The Balaban J connectivity index is 1.87. The molecule has 0 saturated heterocycles. The second kappa shape index (κ2) is 12.0. The lowest BCUT2D eigenvalue weighted by Gasteiger charge is -2.25. The van der Waals surface area contributed by atoms with Crippen molar-refractivity contribution >= 4 is 33.5 Å². The van der Waals surface area contributed by atoms with E-state index in [0.29, 0.717) is 19.3 Å². The van der Waals surface area contributed by atoms with Crippen molar-refractivity contribution in [2.24, 2.45) is 0 Å². The summed E-state index contributed by atoms with van der Waals surface area (Å²) in [6.07, 6.45) is 3.24. The number of benzene rings is 1. The molecule has 30 heavy (non-hydrogen) atoms. The minimum atomic E-state index is -0.704. The van der Waals surface area contributed by atoms with Gasteiger partial charge in [0.25, 0.3) is 0 Å². The molecule has 162 valence electrons. The van der Waals surface area contributed by atoms with Crippen molar-refractivity contribution < 1.29 is 14.3 Å². The van der Waals surface area contributed by atoms with Crippen LogP contribution in [0.3, 0.4) is 0 Å². The normalized spacial score (nSPS) is 13.3. The number of ether oxygens (including phenoxy) is 1. The van der Waals surface area contributed by atoms with Crippen molar-refractivity contribution in [3.8, 4) is 0 Å². The first-order valence-corrected chi connectivity index (χ1v) is 12.2. The molecule has 0 radical (unpaired) electrons. The molecule has 1 heterocycles. The molecule has 1 aromatic heterocycles. The van der Waals surface area contributed by atoms with Crippen LogP contribution in [0.1, 0.15) is 46.1 Å². The average Bonchev–Trinajstić information content (AvgIpc) is 2.70. The van der Waals surface area contributed by atoms with Gasteiger partial charge in [-0.3, -0.25) is 4.79 Å². The summed E-state index contributed by atoms with van der Waals surface area (Å²) in [6.45, 7) is 7.56. The monoisotopic (exact) mass is 446 g/mol. The second-order valence-corrected chi connectivity index (χ2v) is 10.7. The molecule has 0 aliphatic heterocycles. The van der Waals surface area contributed by atoms with Gasteiger partial charge in [0.15, 0.2) is 0 Å². The van der Waals surface area contributed by atoms with Gasteiger partial charge in [-0.25, -0.2) is 9.78 Å². The fourth-order valence-electron chi connectivity index (χ4n) is 2.59. The van der Waals surface area contributed by atoms with Crippen LogP contribution >= 0.6 is 21.6 Å². The molecule has 2 rings (SSSR count). The fourth-order valence-corrected chi connectivity index (χ4v) is 4.68. The zero-order valence-corrected chi connectivity index (χ0v) is 19.6. The van der Waals surface area contributed by atoms with Gasteiger partial charge < -0.3 is 10.1 Å². The third-order valence-corrected chi connectivity index (χ3v) is 6.88. The van der Waals surface area contributed by atoms with Gasteiger partial charge in [0.1, 0.15) is 16.7 Å². The minimum absolute atomic E-state index is 0.142. The Labute approximate surface area is 187 Å². The van der Waals surface area contributed by atoms with Crippen molar-refractivity contribution in [2.45, 2.75) is 68.9 Å². The zero-order valence-electron chi connectivity index (χ0n) is 18.0. The SMILES string of the molecule is CC(CCC(=O)N[C@@H](Cc1ccccc1)C(=O)OC(C)(C)C)SSc1ccccn1. The van der Waals surface area contributed by atoms with Gasteiger partial charge >= 0.3 is 5.97 Å². The van der Waals surface area contributed by atoms with Crippen LogP contribution in [0, 0.1) is 0 Å². The number of amides is 1. The van der Waals surface area contributed by atoms with Crippen LogP contribution in [0.4, 0.5) is 0 Å². The van der Waals surface area contributed by atoms with Gasteiger partial charge in [0.05, 0.1) is 0 Å². The van der Waals surface area contributed by atoms with Crippen LogP contribution in [-0.4, -0.2) is 33.8 Å². The van der Waals surface area contributed by atoms with Crippen LogP contribution in [-0.2, 0) is 20.7 Å². The smallest absolute Gasteiger partial charge is 0.329 e. The Kier molecular flexibility index (Phi) is 9.72. The van der Waals surface area contributed by atoms with Gasteiger partial charge in [0, 0.05) is 24.3 Å². The highest BCUT2D eigenvalue weighted by atomic mass is 33.1. The highest BCUT2D eigenvalue weighted by molar-refractivity contribution is 8.76. The Morgan fingerprint density at radius 3 is 2.43 bits per heavy atom. The summed E-state index contributed by atoms with van der Waals surface area (Å²) in [5, 5.41) is 4.10. The molecule has 1 unspecified atom stereocenters. The predicted octanol–water partition coefficient (Wildman–Crippen LogP) is 5.06. The molecule has 0 saturated carbocycles. The van der Waals surface area contributed by atoms with E-state index in [1.807, 2.05) is 69.3 Å². The standard InChI is InChI=1S/C23H30N2O3S2/c1-17(29-30-21-12-8-9-15-24-21)13-14-20(26)25-19(22(27)28-23(2,3)4)16-18-10-6-5-7-11-18/h5-12,15,17,19H,13-14,16H2,1-4H3,(H,25,26)/t17?,19-/m0/s1. The van der Waals surface area contributed by atoms with E-state index in [9.17, 15) is 9.59 Å². The summed E-state index contributed by atoms with van der Waals surface area (Å²) >= 11 is 0. The number of pyridine rings is 1. The third kappa shape index (κ3) is 9.67. The molecule has 2 atom stereocenters. The Morgan fingerprint density at radius 2 is 1.80 bits per heavy atom. The lowest BCUT2D eigenvalue weighted by atomic mass is 10.1. The number of esters is 1. The van der Waals surface area contributed by atoms with E-state index in [1.54, 1.807) is 27.8 Å². The van der Waals surface area contributed by atoms with Crippen LogP contribution in [0.5, 0.6) is 0 Å². The first-order chi connectivity index (χ1) is 14.2. The van der Waals surface area contributed by atoms with Crippen molar-refractivity contribution in [1.29, 1.82) is 0 Å². The van der Waals surface area contributed by atoms with Crippen molar-refractivity contribution in [3.05, 3.63) is 60.3 Å². The maximum Gasteiger partial charge on any atom is 0.329 e.